The smallest absolute Gasteiger partial charge is 0.303 e. The van der Waals surface area contributed by atoms with E-state index in [1.165, 1.54) is 28.7 Å². The molecule has 1 aliphatic rings. The highest BCUT2D eigenvalue weighted by molar-refractivity contribution is 5.92. The molecular formula is C32H39NO3. The molecule has 0 saturated carbocycles. The molecule has 4 nitrogen and oxygen atoms in total. The Morgan fingerprint density at radius 1 is 0.889 bits per heavy atom. The average Bonchev–Trinajstić information content (AvgIpc) is 3.26. The minimum absolute atomic E-state index is 0.303. The minimum Gasteiger partial charge on any atom is -0.481 e. The number of fused-ring (bicyclic) bond motifs is 1. The van der Waals surface area contributed by atoms with Gasteiger partial charge in [-0.25, -0.2) is 0 Å². The number of carboxylic acids is 1. The van der Waals surface area contributed by atoms with Gasteiger partial charge in [0.25, 0.3) is 0 Å². The molecule has 0 fully saturated rings. The van der Waals surface area contributed by atoms with Gasteiger partial charge in [0.15, 0.2) is 0 Å². The van der Waals surface area contributed by atoms with Crippen LogP contribution in [0.15, 0.2) is 78.4 Å². The zero-order valence-electron chi connectivity index (χ0n) is 22.0. The number of carbonyl (C=O) groups excluding carboxylic acids is 1. The van der Waals surface area contributed by atoms with Gasteiger partial charge in [-0.05, 0) is 79.8 Å². The summed E-state index contributed by atoms with van der Waals surface area (Å²) in [6.07, 6.45) is 6.94. The summed E-state index contributed by atoms with van der Waals surface area (Å²) in [7, 11) is 0. The fraction of sp³-hybridized carbons (Fsp3) is 0.312. The van der Waals surface area contributed by atoms with Crippen LogP contribution in [-0.2, 0) is 17.6 Å². The first-order valence-electron chi connectivity index (χ1n) is 12.6. The Kier molecular flexibility index (Phi) is 11.6. The minimum atomic E-state index is -0.696. The number of amides is 1. The summed E-state index contributed by atoms with van der Waals surface area (Å²) in [5.41, 5.74) is 14.1. The highest BCUT2D eigenvalue weighted by Gasteiger charge is 2.11. The van der Waals surface area contributed by atoms with E-state index in [2.05, 4.69) is 61.5 Å². The van der Waals surface area contributed by atoms with Crippen molar-refractivity contribution in [2.24, 2.45) is 11.7 Å². The number of aryl methyl sites for hydroxylation is 3. The Hall–Kier alpha value is -3.66. The molecule has 4 rings (SSSR count). The van der Waals surface area contributed by atoms with Crippen LogP contribution in [0.25, 0.3) is 6.08 Å². The monoisotopic (exact) mass is 485 g/mol. The van der Waals surface area contributed by atoms with E-state index >= 15 is 0 Å². The number of allylic oxidation sites excluding steroid dienone is 1. The molecule has 3 aromatic carbocycles. The summed E-state index contributed by atoms with van der Waals surface area (Å²) < 4.78 is 0. The first kappa shape index (κ1) is 28.6. The van der Waals surface area contributed by atoms with E-state index in [0.717, 1.165) is 24.8 Å². The van der Waals surface area contributed by atoms with Crippen LogP contribution in [-0.4, -0.2) is 17.0 Å². The summed E-state index contributed by atoms with van der Waals surface area (Å²) in [6.45, 7) is 8.20. The van der Waals surface area contributed by atoms with Crippen molar-refractivity contribution < 1.29 is 14.7 Å². The molecule has 0 atom stereocenters. The lowest BCUT2D eigenvalue weighted by Crippen LogP contribution is -2.10. The van der Waals surface area contributed by atoms with E-state index in [1.54, 1.807) is 17.7 Å². The Morgan fingerprint density at radius 2 is 1.53 bits per heavy atom. The van der Waals surface area contributed by atoms with E-state index in [9.17, 15) is 9.59 Å². The lowest BCUT2D eigenvalue weighted by molar-refractivity contribution is -0.137. The maximum Gasteiger partial charge on any atom is 0.303 e. The molecule has 0 radical (unpaired) electrons. The number of carboxylic acid groups (broad SMARTS) is 1. The van der Waals surface area contributed by atoms with E-state index in [1.807, 2.05) is 32.9 Å². The third-order valence-electron chi connectivity index (χ3n) is 6.08. The normalized spacial score (nSPS) is 11.4. The molecule has 0 bridgehead atoms. The SMILES string of the molecule is CC(C)CCC(=O)O.Cc1ccc(C(N)=O)cc1.Cc1ccccc1CCC1=Cc2ccccc2C1. The van der Waals surface area contributed by atoms with Gasteiger partial charge in [0.05, 0.1) is 0 Å². The molecule has 1 amide bonds. The first-order valence-corrected chi connectivity index (χ1v) is 12.6. The maximum atomic E-state index is 10.5. The van der Waals surface area contributed by atoms with Crippen LogP contribution in [0.4, 0.5) is 0 Å². The van der Waals surface area contributed by atoms with Gasteiger partial charge in [-0.2, -0.15) is 0 Å². The lowest BCUT2D eigenvalue weighted by Gasteiger charge is -2.06. The lowest BCUT2D eigenvalue weighted by atomic mass is 10.00. The van der Waals surface area contributed by atoms with E-state index < -0.39 is 5.97 Å². The number of hydrogen-bond acceptors (Lipinski definition) is 2. The average molecular weight is 486 g/mol. The quantitative estimate of drug-likeness (QED) is 0.372. The maximum absolute atomic E-state index is 10.5. The van der Waals surface area contributed by atoms with Gasteiger partial charge in [0.1, 0.15) is 0 Å². The van der Waals surface area contributed by atoms with Crippen LogP contribution in [0.5, 0.6) is 0 Å². The molecule has 0 aromatic heterocycles. The van der Waals surface area contributed by atoms with Gasteiger partial charge in [-0.3, -0.25) is 9.59 Å². The van der Waals surface area contributed by atoms with Gasteiger partial charge < -0.3 is 10.8 Å². The van der Waals surface area contributed by atoms with Gasteiger partial charge in [-0.1, -0.05) is 91.7 Å². The fourth-order valence-corrected chi connectivity index (χ4v) is 3.83. The number of nitrogens with two attached hydrogens (primary N) is 1. The number of rotatable bonds is 7. The molecule has 3 aromatic rings. The van der Waals surface area contributed by atoms with Crippen molar-refractivity contribution in [3.63, 3.8) is 0 Å². The molecule has 0 spiro atoms. The van der Waals surface area contributed by atoms with E-state index in [4.69, 9.17) is 10.8 Å². The first-order chi connectivity index (χ1) is 17.2. The van der Waals surface area contributed by atoms with Crippen molar-refractivity contribution >= 4 is 18.0 Å². The van der Waals surface area contributed by atoms with Crippen LogP contribution in [0.1, 0.15) is 71.3 Å². The summed E-state index contributed by atoms with van der Waals surface area (Å²) in [4.78, 5) is 20.4. The molecule has 1 aliphatic carbocycles. The zero-order valence-corrected chi connectivity index (χ0v) is 22.0. The van der Waals surface area contributed by atoms with Crippen LogP contribution in [0, 0.1) is 19.8 Å². The third kappa shape index (κ3) is 10.3. The summed E-state index contributed by atoms with van der Waals surface area (Å²) in [5.74, 6) is -0.565. The van der Waals surface area contributed by atoms with Crippen LogP contribution < -0.4 is 5.73 Å². The van der Waals surface area contributed by atoms with Crippen molar-refractivity contribution in [3.05, 3.63) is 112 Å². The molecule has 190 valence electrons. The van der Waals surface area contributed by atoms with Crippen LogP contribution >= 0.6 is 0 Å². The predicted molar refractivity (Wildman–Crippen MR) is 149 cm³/mol. The Balaban J connectivity index is 0.000000215. The molecule has 0 aliphatic heterocycles. The summed E-state index contributed by atoms with van der Waals surface area (Å²) in [6, 6.07) is 24.6. The topological polar surface area (TPSA) is 80.4 Å². The Labute approximate surface area is 215 Å². The molecular weight excluding hydrogens is 446 g/mol. The predicted octanol–water partition coefficient (Wildman–Crippen LogP) is 7.17. The highest BCUT2D eigenvalue weighted by atomic mass is 16.4. The van der Waals surface area contributed by atoms with Gasteiger partial charge in [0, 0.05) is 12.0 Å². The second kappa shape index (κ2) is 14.7. The Bertz CT molecular complexity index is 1160. The molecule has 0 unspecified atom stereocenters. The van der Waals surface area contributed by atoms with Crippen LogP contribution in [0.2, 0.25) is 0 Å². The van der Waals surface area contributed by atoms with Gasteiger partial charge in [0.2, 0.25) is 5.91 Å². The van der Waals surface area contributed by atoms with Crippen molar-refractivity contribution in [2.75, 3.05) is 0 Å². The van der Waals surface area contributed by atoms with E-state index in [-0.39, 0.29) is 5.91 Å². The highest BCUT2D eigenvalue weighted by Crippen LogP contribution is 2.27. The third-order valence-corrected chi connectivity index (χ3v) is 6.08. The number of hydrogen-bond donors (Lipinski definition) is 2. The molecule has 3 N–H and O–H groups in total. The van der Waals surface area contributed by atoms with Gasteiger partial charge >= 0.3 is 5.97 Å². The Morgan fingerprint density at radius 3 is 2.08 bits per heavy atom. The van der Waals surface area contributed by atoms with Crippen molar-refractivity contribution in [3.8, 4) is 0 Å². The van der Waals surface area contributed by atoms with Crippen molar-refractivity contribution in [1.29, 1.82) is 0 Å². The molecule has 36 heavy (non-hydrogen) atoms. The van der Waals surface area contributed by atoms with Crippen LogP contribution in [0.3, 0.4) is 0 Å². The number of aliphatic carboxylic acids is 1. The van der Waals surface area contributed by atoms with E-state index in [0.29, 0.717) is 17.9 Å². The summed E-state index contributed by atoms with van der Waals surface area (Å²) >= 11 is 0. The fourth-order valence-electron chi connectivity index (χ4n) is 3.83. The zero-order chi connectivity index (χ0) is 26.5. The van der Waals surface area contributed by atoms with Crippen molar-refractivity contribution in [1.82, 2.24) is 0 Å². The summed E-state index contributed by atoms with van der Waals surface area (Å²) in [5, 5.41) is 8.16. The standard InChI is InChI=1S/C18H18.C8H9NO.C6H12O2/c1-14-6-2-3-7-16(14)11-10-15-12-17-8-4-5-9-18(17)13-15;1-6-2-4-7(5-3-6)8(9)10;1-5(2)3-4-6(7)8/h2-9,12H,10-11,13H2,1H3;2-5H,1H3,(H2,9,10);5H,3-4H2,1-2H3,(H,7,8). The number of carbonyl (C=O) groups is 2. The number of primary amides is 1. The second-order valence-electron chi connectivity index (χ2n) is 9.66. The molecule has 0 heterocycles. The molecule has 4 heteroatoms. The number of benzene rings is 3. The largest absolute Gasteiger partial charge is 0.481 e. The van der Waals surface area contributed by atoms with Gasteiger partial charge in [-0.15, -0.1) is 0 Å². The second-order valence-corrected chi connectivity index (χ2v) is 9.66. The molecule has 0 saturated heterocycles. The van der Waals surface area contributed by atoms with Crippen molar-refractivity contribution in [2.45, 2.75) is 59.8 Å².